The average molecular weight is 427 g/mol. The van der Waals surface area contributed by atoms with Gasteiger partial charge in [0.05, 0.1) is 0 Å². The molecule has 0 aliphatic carbocycles. The van der Waals surface area contributed by atoms with Crippen LogP contribution in [0.4, 0.5) is 5.69 Å². The van der Waals surface area contributed by atoms with Crippen LogP contribution in [-0.4, -0.2) is 19.9 Å². The summed E-state index contributed by atoms with van der Waals surface area (Å²) in [6, 6.07) is 27.8. The molecule has 0 radical (unpaired) electrons. The summed E-state index contributed by atoms with van der Waals surface area (Å²) in [5.74, 6) is 0.695. The first kappa shape index (κ1) is 24.1. The van der Waals surface area contributed by atoms with Crippen LogP contribution in [0.3, 0.4) is 0 Å². The monoisotopic (exact) mass is 427 g/mol. The van der Waals surface area contributed by atoms with Crippen molar-refractivity contribution in [3.63, 3.8) is 0 Å². The zero-order valence-electron chi connectivity index (χ0n) is 19.8. The number of aryl methyl sites for hydroxylation is 1. The first-order chi connectivity index (χ1) is 15.7. The number of para-hydroxylation sites is 1. The predicted octanol–water partition coefficient (Wildman–Crippen LogP) is 4.95. The SMILES string of the molecule is CCCCC(CC)COCCCc1cccc(B(c2ccccc2)c2ccccc2)c1N. The van der Waals surface area contributed by atoms with Crippen molar-refractivity contribution in [2.24, 2.45) is 5.92 Å². The summed E-state index contributed by atoms with van der Waals surface area (Å²) in [4.78, 5) is 0. The molecule has 0 bridgehead atoms. The second kappa shape index (κ2) is 13.1. The highest BCUT2D eigenvalue weighted by atomic mass is 16.5. The molecule has 0 heterocycles. The number of anilines is 1. The van der Waals surface area contributed by atoms with Crippen LogP contribution in [0.15, 0.2) is 78.9 Å². The molecule has 2 N–H and O–H groups in total. The summed E-state index contributed by atoms with van der Waals surface area (Å²) in [7, 11) is 0. The number of unbranched alkanes of at least 4 members (excludes halogenated alkanes) is 1. The van der Waals surface area contributed by atoms with Crippen molar-refractivity contribution in [2.45, 2.75) is 52.4 Å². The molecule has 1 unspecified atom stereocenters. The van der Waals surface area contributed by atoms with Crippen molar-refractivity contribution in [1.29, 1.82) is 0 Å². The Labute approximate surface area is 195 Å². The minimum absolute atomic E-state index is 0.137. The molecule has 3 aromatic rings. The van der Waals surface area contributed by atoms with Crippen molar-refractivity contribution in [3.05, 3.63) is 84.4 Å². The van der Waals surface area contributed by atoms with Gasteiger partial charge in [-0.25, -0.2) is 0 Å². The summed E-state index contributed by atoms with van der Waals surface area (Å²) in [5, 5.41) is 0. The van der Waals surface area contributed by atoms with Crippen molar-refractivity contribution < 1.29 is 4.74 Å². The molecule has 3 heteroatoms. The number of benzene rings is 3. The van der Waals surface area contributed by atoms with E-state index in [0.29, 0.717) is 5.92 Å². The molecule has 0 spiro atoms. The van der Waals surface area contributed by atoms with E-state index in [2.05, 4.69) is 92.7 Å². The molecule has 3 rings (SSSR count). The van der Waals surface area contributed by atoms with E-state index in [1.165, 1.54) is 47.6 Å². The van der Waals surface area contributed by atoms with Gasteiger partial charge in [-0.15, -0.1) is 0 Å². The Morgan fingerprint density at radius 2 is 1.47 bits per heavy atom. The number of hydrogen-bond acceptors (Lipinski definition) is 2. The van der Waals surface area contributed by atoms with E-state index in [4.69, 9.17) is 10.5 Å². The van der Waals surface area contributed by atoms with Gasteiger partial charge in [0.1, 0.15) is 0 Å². The fourth-order valence-electron chi connectivity index (χ4n) is 4.46. The lowest BCUT2D eigenvalue weighted by molar-refractivity contribution is 0.0923. The molecular formula is C29H38BNO. The Bertz CT molecular complexity index is 873. The molecule has 0 amide bonds. The van der Waals surface area contributed by atoms with Gasteiger partial charge < -0.3 is 10.5 Å². The lowest BCUT2D eigenvalue weighted by atomic mass is 9.36. The Kier molecular flexibility index (Phi) is 9.90. The quantitative estimate of drug-likeness (QED) is 0.238. The smallest absolute Gasteiger partial charge is 0.243 e. The van der Waals surface area contributed by atoms with Gasteiger partial charge in [0.2, 0.25) is 6.71 Å². The summed E-state index contributed by atoms with van der Waals surface area (Å²) in [6.07, 6.45) is 6.99. The zero-order valence-corrected chi connectivity index (χ0v) is 19.8. The topological polar surface area (TPSA) is 35.2 Å². The zero-order chi connectivity index (χ0) is 22.6. The van der Waals surface area contributed by atoms with E-state index >= 15 is 0 Å². The molecular weight excluding hydrogens is 389 g/mol. The highest BCUT2D eigenvalue weighted by Crippen LogP contribution is 2.15. The number of rotatable bonds is 13. The Balaban J connectivity index is 1.68. The molecule has 0 aliphatic rings. The van der Waals surface area contributed by atoms with Gasteiger partial charge in [0.25, 0.3) is 0 Å². The third kappa shape index (κ3) is 6.74. The lowest BCUT2D eigenvalue weighted by Gasteiger charge is -2.19. The van der Waals surface area contributed by atoms with Gasteiger partial charge in [0.15, 0.2) is 0 Å². The highest BCUT2D eigenvalue weighted by Gasteiger charge is 2.24. The van der Waals surface area contributed by atoms with Crippen LogP contribution < -0.4 is 22.1 Å². The minimum Gasteiger partial charge on any atom is -0.399 e. The summed E-state index contributed by atoms with van der Waals surface area (Å²) >= 11 is 0. The molecule has 3 aromatic carbocycles. The van der Waals surface area contributed by atoms with Gasteiger partial charge in [-0.3, -0.25) is 0 Å². The van der Waals surface area contributed by atoms with Crippen molar-refractivity contribution >= 4 is 28.8 Å². The van der Waals surface area contributed by atoms with Gasteiger partial charge in [-0.2, -0.15) is 0 Å². The average Bonchev–Trinajstić information content (AvgIpc) is 2.84. The molecule has 1 atom stereocenters. The van der Waals surface area contributed by atoms with Crippen LogP contribution in [0.2, 0.25) is 0 Å². The van der Waals surface area contributed by atoms with Crippen LogP contribution in [0.5, 0.6) is 0 Å². The lowest BCUT2D eigenvalue weighted by Crippen LogP contribution is -2.52. The van der Waals surface area contributed by atoms with Crippen LogP contribution in [-0.2, 0) is 11.2 Å². The molecule has 0 saturated carbocycles. The van der Waals surface area contributed by atoms with Crippen LogP contribution in [0.1, 0.15) is 51.5 Å². The van der Waals surface area contributed by atoms with Gasteiger partial charge in [-0.1, -0.05) is 123 Å². The Hall–Kier alpha value is -2.52. The number of ether oxygens (including phenoxy) is 1. The van der Waals surface area contributed by atoms with E-state index in [1.54, 1.807) is 0 Å². The van der Waals surface area contributed by atoms with Crippen molar-refractivity contribution in [2.75, 3.05) is 18.9 Å². The maximum absolute atomic E-state index is 6.76. The van der Waals surface area contributed by atoms with E-state index < -0.39 is 0 Å². The van der Waals surface area contributed by atoms with Crippen LogP contribution in [0, 0.1) is 5.92 Å². The first-order valence-corrected chi connectivity index (χ1v) is 12.3. The molecule has 0 saturated heterocycles. The van der Waals surface area contributed by atoms with Gasteiger partial charge in [-0.05, 0) is 36.2 Å². The van der Waals surface area contributed by atoms with E-state index in [0.717, 1.165) is 31.7 Å². The number of hydrogen-bond donors (Lipinski definition) is 1. The van der Waals surface area contributed by atoms with Crippen molar-refractivity contribution in [1.82, 2.24) is 0 Å². The molecule has 168 valence electrons. The second-order valence-corrected chi connectivity index (χ2v) is 8.77. The van der Waals surface area contributed by atoms with E-state index in [9.17, 15) is 0 Å². The normalized spacial score (nSPS) is 11.9. The molecule has 2 nitrogen and oxygen atoms in total. The van der Waals surface area contributed by atoms with Gasteiger partial charge >= 0.3 is 0 Å². The number of nitrogens with two attached hydrogens (primary N) is 1. The first-order valence-electron chi connectivity index (χ1n) is 12.3. The minimum atomic E-state index is 0.137. The predicted molar refractivity (Wildman–Crippen MR) is 141 cm³/mol. The second-order valence-electron chi connectivity index (χ2n) is 8.77. The van der Waals surface area contributed by atoms with E-state index in [1.807, 2.05) is 0 Å². The standard InChI is InChI=1S/C29H38BNO/c1-3-5-14-24(4-2)23-32-22-13-16-25-15-12-21-28(29(25)31)30(26-17-8-6-9-18-26)27-19-10-7-11-20-27/h6-12,15,17-21,24H,3-5,13-14,16,22-23,31H2,1-2H3. The molecule has 0 aromatic heterocycles. The summed E-state index contributed by atoms with van der Waals surface area (Å²) < 4.78 is 6.02. The molecule has 0 fully saturated rings. The number of nitrogen functional groups attached to an aromatic ring is 1. The Morgan fingerprint density at radius 1 is 0.812 bits per heavy atom. The Morgan fingerprint density at radius 3 is 2.06 bits per heavy atom. The van der Waals surface area contributed by atoms with Crippen molar-refractivity contribution in [3.8, 4) is 0 Å². The highest BCUT2D eigenvalue weighted by molar-refractivity contribution is 6.96. The molecule has 0 aliphatic heterocycles. The fraction of sp³-hybridized carbons (Fsp3) is 0.379. The largest absolute Gasteiger partial charge is 0.399 e. The van der Waals surface area contributed by atoms with Crippen LogP contribution in [0.25, 0.3) is 0 Å². The third-order valence-corrected chi connectivity index (χ3v) is 6.44. The van der Waals surface area contributed by atoms with Crippen LogP contribution >= 0.6 is 0 Å². The summed E-state index contributed by atoms with van der Waals surface area (Å²) in [5.41, 5.74) is 12.6. The molecule has 32 heavy (non-hydrogen) atoms. The third-order valence-electron chi connectivity index (χ3n) is 6.44. The maximum Gasteiger partial charge on any atom is 0.243 e. The fourth-order valence-corrected chi connectivity index (χ4v) is 4.46. The van der Waals surface area contributed by atoms with E-state index in [-0.39, 0.29) is 6.71 Å². The van der Waals surface area contributed by atoms with Gasteiger partial charge in [0, 0.05) is 18.9 Å². The maximum atomic E-state index is 6.76. The summed E-state index contributed by atoms with van der Waals surface area (Å²) in [6.45, 7) is 6.35.